The molecule has 0 aliphatic rings. The minimum Gasteiger partial charge on any atom is -0.343 e. The maximum absolute atomic E-state index is 11.8. The number of hydrogen-bond acceptors (Lipinski definition) is 6. The third-order valence-corrected chi connectivity index (χ3v) is 3.08. The molecular weight excluding hydrogens is 250 g/mol. The summed E-state index contributed by atoms with van der Waals surface area (Å²) >= 11 is 1.44. The number of thiazole rings is 1. The zero-order valence-electron chi connectivity index (χ0n) is 9.67. The van der Waals surface area contributed by atoms with Gasteiger partial charge in [0.25, 0.3) is 5.91 Å². The van der Waals surface area contributed by atoms with E-state index in [1.54, 1.807) is 23.8 Å². The second-order valence-corrected chi connectivity index (χ2v) is 4.46. The highest BCUT2D eigenvalue weighted by atomic mass is 32.1. The third kappa shape index (κ3) is 3.31. The lowest BCUT2D eigenvalue weighted by Gasteiger charge is -2.01. The van der Waals surface area contributed by atoms with Crippen LogP contribution in [0.5, 0.6) is 0 Å². The lowest BCUT2D eigenvalue weighted by molar-refractivity contribution is 0.0945. The van der Waals surface area contributed by atoms with Gasteiger partial charge in [-0.25, -0.2) is 15.0 Å². The maximum atomic E-state index is 11.8. The Hall–Kier alpha value is -1.86. The topological polar surface area (TPSA) is 93.8 Å². The molecule has 0 spiro atoms. The van der Waals surface area contributed by atoms with Crippen molar-refractivity contribution in [1.82, 2.24) is 20.3 Å². The smallest absolute Gasteiger partial charge is 0.271 e. The molecule has 0 saturated heterocycles. The summed E-state index contributed by atoms with van der Waals surface area (Å²) in [7, 11) is 0. The Balaban J connectivity index is 1.91. The van der Waals surface area contributed by atoms with Gasteiger partial charge >= 0.3 is 0 Å². The van der Waals surface area contributed by atoms with Crippen molar-refractivity contribution in [2.24, 2.45) is 5.73 Å². The summed E-state index contributed by atoms with van der Waals surface area (Å²) in [6.45, 7) is 0.829. The van der Waals surface area contributed by atoms with Crippen LogP contribution in [0.1, 0.15) is 21.3 Å². The molecule has 0 atom stereocenters. The number of carbonyl (C=O) groups is 1. The molecule has 1 amide bonds. The summed E-state index contributed by atoms with van der Waals surface area (Å²) < 4.78 is 0. The van der Waals surface area contributed by atoms with Crippen molar-refractivity contribution < 1.29 is 4.79 Å². The zero-order valence-corrected chi connectivity index (χ0v) is 10.5. The van der Waals surface area contributed by atoms with Crippen LogP contribution in [0.4, 0.5) is 0 Å². The first kappa shape index (κ1) is 12.6. The number of aromatic nitrogens is 3. The number of hydrogen-bond donors (Lipinski definition) is 2. The summed E-state index contributed by atoms with van der Waals surface area (Å²) in [6.07, 6.45) is 3.97. The summed E-state index contributed by atoms with van der Waals surface area (Å²) in [5.74, 6) is 0.352. The molecular formula is C11H13N5OS. The molecule has 0 aromatic carbocycles. The first-order valence-corrected chi connectivity index (χ1v) is 6.36. The number of amides is 1. The molecule has 0 aliphatic heterocycles. The molecule has 2 heterocycles. The quantitative estimate of drug-likeness (QED) is 0.812. The highest BCUT2D eigenvalue weighted by Crippen LogP contribution is 2.09. The van der Waals surface area contributed by atoms with Crippen LogP contribution in [-0.2, 0) is 13.0 Å². The maximum Gasteiger partial charge on any atom is 0.271 e. The Morgan fingerprint density at radius 3 is 2.89 bits per heavy atom. The van der Waals surface area contributed by atoms with Crippen molar-refractivity contribution in [2.45, 2.75) is 13.0 Å². The highest BCUT2D eigenvalue weighted by Gasteiger charge is 2.10. The van der Waals surface area contributed by atoms with Crippen LogP contribution in [0, 0.1) is 0 Å². The fourth-order valence-corrected chi connectivity index (χ4v) is 2.12. The molecule has 3 N–H and O–H groups in total. The minimum absolute atomic E-state index is 0.220. The van der Waals surface area contributed by atoms with Crippen molar-refractivity contribution in [3.05, 3.63) is 40.4 Å². The number of carbonyl (C=O) groups excluding carboxylic acids is 1. The van der Waals surface area contributed by atoms with Crippen LogP contribution >= 0.6 is 11.3 Å². The standard InChI is InChI=1S/C11H13N5OS/c12-3-2-10-16-8(7-18-10)11(17)15-6-9-13-4-1-5-14-9/h1,4-5,7H,2-3,6,12H2,(H,15,17). The van der Waals surface area contributed by atoms with Crippen LogP contribution in [0.25, 0.3) is 0 Å². The van der Waals surface area contributed by atoms with E-state index in [1.165, 1.54) is 11.3 Å². The number of nitrogens with zero attached hydrogens (tertiary/aromatic N) is 3. The molecule has 7 heteroatoms. The van der Waals surface area contributed by atoms with Gasteiger partial charge in [-0.2, -0.15) is 0 Å². The first-order chi connectivity index (χ1) is 8.79. The van der Waals surface area contributed by atoms with E-state index in [9.17, 15) is 4.79 Å². The van der Waals surface area contributed by atoms with E-state index in [4.69, 9.17) is 5.73 Å². The molecule has 94 valence electrons. The second-order valence-electron chi connectivity index (χ2n) is 3.51. The first-order valence-electron chi connectivity index (χ1n) is 5.48. The van der Waals surface area contributed by atoms with Crippen LogP contribution in [0.3, 0.4) is 0 Å². The van der Waals surface area contributed by atoms with Crippen LogP contribution in [0.2, 0.25) is 0 Å². The van der Waals surface area contributed by atoms with Crippen molar-refractivity contribution in [2.75, 3.05) is 6.54 Å². The van der Waals surface area contributed by atoms with Crippen molar-refractivity contribution in [3.63, 3.8) is 0 Å². The monoisotopic (exact) mass is 263 g/mol. The van der Waals surface area contributed by atoms with Gasteiger partial charge in [-0.05, 0) is 12.6 Å². The molecule has 0 unspecified atom stereocenters. The van der Waals surface area contributed by atoms with E-state index < -0.39 is 0 Å². The van der Waals surface area contributed by atoms with Gasteiger partial charge in [0, 0.05) is 24.2 Å². The van der Waals surface area contributed by atoms with E-state index in [-0.39, 0.29) is 5.91 Å². The largest absolute Gasteiger partial charge is 0.343 e. The van der Waals surface area contributed by atoms with Crippen LogP contribution in [-0.4, -0.2) is 27.4 Å². The Bertz CT molecular complexity index is 513. The third-order valence-electron chi connectivity index (χ3n) is 2.17. The Morgan fingerprint density at radius 1 is 1.39 bits per heavy atom. The normalized spacial score (nSPS) is 10.3. The van der Waals surface area contributed by atoms with Gasteiger partial charge in [0.15, 0.2) is 0 Å². The summed E-state index contributed by atoms with van der Waals surface area (Å²) in [5, 5.41) is 5.32. The summed E-state index contributed by atoms with van der Waals surface area (Å²) in [6, 6.07) is 1.73. The van der Waals surface area contributed by atoms with E-state index in [0.717, 1.165) is 5.01 Å². The number of nitrogens with one attached hydrogen (secondary N) is 1. The lowest BCUT2D eigenvalue weighted by atomic mass is 10.4. The SMILES string of the molecule is NCCc1nc(C(=O)NCc2ncccn2)cs1. The van der Waals surface area contributed by atoms with Gasteiger partial charge in [-0.1, -0.05) is 0 Å². The predicted molar refractivity (Wildman–Crippen MR) is 68.1 cm³/mol. The average Bonchev–Trinajstić information content (AvgIpc) is 2.86. The predicted octanol–water partition coefficient (Wildman–Crippen LogP) is 0.364. The van der Waals surface area contributed by atoms with Crippen molar-refractivity contribution in [3.8, 4) is 0 Å². The van der Waals surface area contributed by atoms with Gasteiger partial charge in [0.1, 0.15) is 11.5 Å². The van der Waals surface area contributed by atoms with Gasteiger partial charge in [-0.3, -0.25) is 4.79 Å². The second kappa shape index (κ2) is 6.18. The van der Waals surface area contributed by atoms with Crippen molar-refractivity contribution in [1.29, 1.82) is 0 Å². The molecule has 2 rings (SSSR count). The lowest BCUT2D eigenvalue weighted by Crippen LogP contribution is -2.24. The molecule has 0 aliphatic carbocycles. The van der Waals surface area contributed by atoms with E-state index in [0.29, 0.717) is 31.0 Å². The Morgan fingerprint density at radius 2 is 2.17 bits per heavy atom. The van der Waals surface area contributed by atoms with Crippen LogP contribution < -0.4 is 11.1 Å². The molecule has 2 aromatic heterocycles. The van der Waals surface area contributed by atoms with Gasteiger partial charge in [0.05, 0.1) is 11.6 Å². The van der Waals surface area contributed by atoms with Crippen LogP contribution in [0.15, 0.2) is 23.8 Å². The highest BCUT2D eigenvalue weighted by molar-refractivity contribution is 7.09. The molecule has 18 heavy (non-hydrogen) atoms. The van der Waals surface area contributed by atoms with E-state index >= 15 is 0 Å². The zero-order chi connectivity index (χ0) is 12.8. The Labute approximate surface area is 108 Å². The number of rotatable bonds is 5. The molecule has 6 nitrogen and oxygen atoms in total. The van der Waals surface area contributed by atoms with E-state index in [1.807, 2.05) is 0 Å². The van der Waals surface area contributed by atoms with E-state index in [2.05, 4.69) is 20.3 Å². The minimum atomic E-state index is -0.220. The van der Waals surface area contributed by atoms with Crippen molar-refractivity contribution >= 4 is 17.2 Å². The molecule has 0 saturated carbocycles. The fourth-order valence-electron chi connectivity index (χ4n) is 1.32. The fraction of sp³-hybridized carbons (Fsp3) is 0.273. The summed E-state index contributed by atoms with van der Waals surface area (Å²) in [5.41, 5.74) is 5.85. The molecule has 0 bridgehead atoms. The number of nitrogens with two attached hydrogens (primary N) is 1. The Kier molecular flexibility index (Phi) is 4.32. The molecule has 2 aromatic rings. The van der Waals surface area contributed by atoms with Gasteiger partial charge in [0.2, 0.25) is 0 Å². The average molecular weight is 263 g/mol. The van der Waals surface area contributed by atoms with Gasteiger partial charge < -0.3 is 11.1 Å². The molecule has 0 fully saturated rings. The summed E-state index contributed by atoms with van der Waals surface area (Å²) in [4.78, 5) is 24.0. The van der Waals surface area contributed by atoms with Gasteiger partial charge in [-0.15, -0.1) is 11.3 Å². The molecule has 0 radical (unpaired) electrons.